The molecule has 0 saturated carbocycles. The number of rotatable bonds is 11. The van der Waals surface area contributed by atoms with Crippen LogP contribution in [0.15, 0.2) is 309 Å². The second kappa shape index (κ2) is 20.0. The quantitative estimate of drug-likeness (QED) is 0.117. The van der Waals surface area contributed by atoms with Gasteiger partial charge in [-0.2, -0.15) is 0 Å². The van der Waals surface area contributed by atoms with Crippen molar-refractivity contribution in [3.05, 3.63) is 309 Å². The average molecular weight is 954 g/mol. The predicted molar refractivity (Wildman–Crippen MR) is 320 cm³/mol. The molecule has 0 aliphatic rings. The second-order valence-electron chi connectivity index (χ2n) is 19.1. The van der Waals surface area contributed by atoms with Gasteiger partial charge in [-0.3, -0.25) is 0 Å². The Morgan fingerprint density at radius 1 is 0.173 bits per heavy atom. The fraction of sp³-hybridized carbons (Fsp3) is 0. The monoisotopic (exact) mass is 953 g/mol. The molecule has 0 unspecified atom stereocenters. The normalized spacial score (nSPS) is 11.2. The van der Waals surface area contributed by atoms with Crippen molar-refractivity contribution in [2.45, 2.75) is 0 Å². The van der Waals surface area contributed by atoms with Gasteiger partial charge in [-0.1, -0.05) is 267 Å². The topological polar surface area (TPSA) is 3.24 Å². The van der Waals surface area contributed by atoms with Gasteiger partial charge in [0.1, 0.15) is 0 Å². The molecule has 0 fully saturated rings. The SMILES string of the molecule is c1ccc(-c2cc(-c3ccccc3)cc(N(c3ccc(-c4cccc(-c5ccccc5)c4-c4ccccc4)cc3)c3ccc(-c4cccc5c(-c6ccccc6)c(-c6ccccc6)c6ccccc6c45)cc3)c2)cc1. The van der Waals surface area contributed by atoms with Gasteiger partial charge in [0.25, 0.3) is 0 Å². The van der Waals surface area contributed by atoms with Crippen molar-refractivity contribution >= 4 is 38.6 Å². The Morgan fingerprint density at radius 3 is 0.987 bits per heavy atom. The summed E-state index contributed by atoms with van der Waals surface area (Å²) in [7, 11) is 0. The summed E-state index contributed by atoms with van der Waals surface area (Å²) in [5.41, 5.74) is 22.3. The van der Waals surface area contributed by atoms with E-state index >= 15 is 0 Å². The Morgan fingerprint density at radius 2 is 0.507 bits per heavy atom. The molecule has 13 aromatic rings. The average Bonchev–Trinajstić information content (AvgIpc) is 3.50. The number of nitrogens with zero attached hydrogens (tertiary/aromatic N) is 1. The van der Waals surface area contributed by atoms with E-state index in [0.29, 0.717) is 0 Å². The molecule has 0 aliphatic carbocycles. The number of fused-ring (bicyclic) bond motifs is 3. The van der Waals surface area contributed by atoms with E-state index in [9.17, 15) is 0 Å². The van der Waals surface area contributed by atoms with E-state index in [1.54, 1.807) is 0 Å². The summed E-state index contributed by atoms with van der Waals surface area (Å²) in [6.45, 7) is 0. The summed E-state index contributed by atoms with van der Waals surface area (Å²) in [4.78, 5) is 2.42. The van der Waals surface area contributed by atoms with Gasteiger partial charge in [-0.25, -0.2) is 0 Å². The van der Waals surface area contributed by atoms with Gasteiger partial charge < -0.3 is 4.90 Å². The third-order valence-electron chi connectivity index (χ3n) is 14.6. The summed E-state index contributed by atoms with van der Waals surface area (Å²) in [6, 6.07) is 113. The Labute approximate surface area is 439 Å². The fourth-order valence-corrected chi connectivity index (χ4v) is 11.2. The van der Waals surface area contributed by atoms with Crippen LogP contribution in [0.4, 0.5) is 17.1 Å². The molecule has 0 atom stereocenters. The van der Waals surface area contributed by atoms with Crippen LogP contribution in [0.3, 0.4) is 0 Å². The maximum Gasteiger partial charge on any atom is 0.0473 e. The van der Waals surface area contributed by atoms with Crippen molar-refractivity contribution in [1.29, 1.82) is 0 Å². The first-order chi connectivity index (χ1) is 37.2. The molecule has 0 saturated heterocycles. The number of hydrogen-bond donors (Lipinski definition) is 0. The summed E-state index contributed by atoms with van der Waals surface area (Å²) >= 11 is 0. The van der Waals surface area contributed by atoms with Crippen molar-refractivity contribution in [2.75, 3.05) is 4.90 Å². The minimum absolute atomic E-state index is 1.06. The van der Waals surface area contributed by atoms with Crippen LogP contribution in [0.1, 0.15) is 0 Å². The Bertz CT molecular complexity index is 4040. The minimum atomic E-state index is 1.06. The molecule has 0 N–H and O–H groups in total. The van der Waals surface area contributed by atoms with Crippen LogP contribution in [0.5, 0.6) is 0 Å². The summed E-state index contributed by atoms with van der Waals surface area (Å²) in [6.07, 6.45) is 0. The van der Waals surface area contributed by atoms with Gasteiger partial charge in [0.15, 0.2) is 0 Å². The van der Waals surface area contributed by atoms with Gasteiger partial charge in [-0.15, -0.1) is 0 Å². The standard InChI is InChI=1S/C74H51N/c1-7-23-52(24-8-1)60-49-61(53-25-9-2-10-26-53)51-64(50-60)75(62-45-41-55(42-46-62)66-38-21-37-65(54-27-11-3-12-28-54)71(66)57-29-13-4-14-30-57)63-47-43-56(44-48-63)67-39-22-40-70-73(59-33-17-6-18-34-59)72(58-31-15-5-16-32-58)68-35-19-20-36-69(68)74(67)70/h1-51H. The van der Waals surface area contributed by atoms with Crippen LogP contribution in [-0.2, 0) is 0 Å². The predicted octanol–water partition coefficient (Wildman–Crippen LogP) is 20.8. The molecular weight excluding hydrogens is 903 g/mol. The lowest BCUT2D eigenvalue weighted by Crippen LogP contribution is -2.10. The summed E-state index contributed by atoms with van der Waals surface area (Å²) in [5, 5.41) is 4.96. The zero-order valence-corrected chi connectivity index (χ0v) is 41.4. The zero-order valence-electron chi connectivity index (χ0n) is 41.4. The maximum atomic E-state index is 2.42. The Kier molecular flexibility index (Phi) is 12.0. The highest BCUT2D eigenvalue weighted by atomic mass is 15.1. The second-order valence-corrected chi connectivity index (χ2v) is 19.1. The van der Waals surface area contributed by atoms with Gasteiger partial charge >= 0.3 is 0 Å². The van der Waals surface area contributed by atoms with E-state index in [1.807, 2.05) is 0 Å². The van der Waals surface area contributed by atoms with Crippen molar-refractivity contribution in [2.24, 2.45) is 0 Å². The molecule has 0 spiro atoms. The highest BCUT2D eigenvalue weighted by molar-refractivity contribution is 6.25. The maximum absolute atomic E-state index is 2.42. The molecular formula is C74H51N. The first kappa shape index (κ1) is 45.1. The van der Waals surface area contributed by atoms with Gasteiger partial charge in [-0.05, 0) is 153 Å². The fourth-order valence-electron chi connectivity index (χ4n) is 11.2. The van der Waals surface area contributed by atoms with Gasteiger partial charge in [0.05, 0.1) is 0 Å². The number of anilines is 3. The lowest BCUT2D eigenvalue weighted by Gasteiger charge is -2.27. The first-order valence-electron chi connectivity index (χ1n) is 25.8. The van der Waals surface area contributed by atoms with Crippen molar-refractivity contribution < 1.29 is 0 Å². The largest absolute Gasteiger partial charge is 0.310 e. The molecule has 0 radical (unpaired) electrons. The van der Waals surface area contributed by atoms with Crippen LogP contribution < -0.4 is 4.90 Å². The lowest BCUT2D eigenvalue weighted by molar-refractivity contribution is 1.28. The summed E-state index contributed by atoms with van der Waals surface area (Å²) in [5.74, 6) is 0. The van der Waals surface area contributed by atoms with E-state index < -0.39 is 0 Å². The van der Waals surface area contributed by atoms with E-state index in [4.69, 9.17) is 0 Å². The van der Waals surface area contributed by atoms with E-state index in [1.165, 1.54) is 88.3 Å². The van der Waals surface area contributed by atoms with Crippen LogP contribution >= 0.6 is 0 Å². The molecule has 0 heterocycles. The van der Waals surface area contributed by atoms with Crippen LogP contribution in [0, 0.1) is 0 Å². The Balaban J connectivity index is 0.989. The molecule has 0 aliphatic heterocycles. The molecule has 1 nitrogen and oxygen atoms in total. The highest BCUT2D eigenvalue weighted by Crippen LogP contribution is 2.48. The van der Waals surface area contributed by atoms with E-state index in [0.717, 1.165) is 39.3 Å². The first-order valence-corrected chi connectivity index (χ1v) is 25.8. The lowest BCUT2D eigenvalue weighted by atomic mass is 9.83. The van der Waals surface area contributed by atoms with Gasteiger partial charge in [0.2, 0.25) is 0 Å². The van der Waals surface area contributed by atoms with Crippen molar-refractivity contribution in [3.63, 3.8) is 0 Å². The van der Waals surface area contributed by atoms with Crippen molar-refractivity contribution in [1.82, 2.24) is 0 Å². The Hall–Kier alpha value is -9.82. The number of benzene rings is 13. The van der Waals surface area contributed by atoms with E-state index in [2.05, 4.69) is 314 Å². The molecule has 0 bridgehead atoms. The van der Waals surface area contributed by atoms with Crippen LogP contribution in [-0.4, -0.2) is 0 Å². The molecule has 13 rings (SSSR count). The molecule has 352 valence electrons. The van der Waals surface area contributed by atoms with Gasteiger partial charge in [0, 0.05) is 17.1 Å². The smallest absolute Gasteiger partial charge is 0.0473 e. The third kappa shape index (κ3) is 8.67. The molecule has 75 heavy (non-hydrogen) atoms. The highest BCUT2D eigenvalue weighted by Gasteiger charge is 2.22. The van der Waals surface area contributed by atoms with Crippen LogP contribution in [0.25, 0.3) is 111 Å². The minimum Gasteiger partial charge on any atom is -0.310 e. The molecule has 13 aromatic carbocycles. The number of hydrogen-bond acceptors (Lipinski definition) is 1. The zero-order chi connectivity index (χ0) is 49.9. The van der Waals surface area contributed by atoms with Crippen LogP contribution in [0.2, 0.25) is 0 Å². The summed E-state index contributed by atoms with van der Waals surface area (Å²) < 4.78 is 0. The third-order valence-corrected chi connectivity index (χ3v) is 14.6. The van der Waals surface area contributed by atoms with E-state index in [-0.39, 0.29) is 0 Å². The van der Waals surface area contributed by atoms with Crippen molar-refractivity contribution in [3.8, 4) is 89.0 Å². The molecule has 0 aromatic heterocycles. The molecule has 1 heteroatoms. The molecule has 0 amide bonds.